The first-order valence-electron chi connectivity index (χ1n) is 4.93. The summed E-state index contributed by atoms with van der Waals surface area (Å²) in [6.45, 7) is 0.654. The number of amides is 1. The molecule has 1 amide bonds. The highest BCUT2D eigenvalue weighted by Gasteiger charge is 2.20. The molecular formula is C9H17NO6S. The fourth-order valence-corrected chi connectivity index (χ4v) is 2.02. The van der Waals surface area contributed by atoms with Crippen LogP contribution in [0.1, 0.15) is 6.92 Å². The molecule has 0 aliphatic carbocycles. The summed E-state index contributed by atoms with van der Waals surface area (Å²) in [6, 6.07) is -1.03. The van der Waals surface area contributed by atoms with Gasteiger partial charge >= 0.3 is 5.97 Å². The average Bonchev–Trinajstić information content (AvgIpc) is 2.25. The van der Waals surface area contributed by atoms with Crippen LogP contribution in [0.15, 0.2) is 0 Å². The van der Waals surface area contributed by atoms with E-state index in [1.165, 1.54) is 6.92 Å². The highest BCUT2D eigenvalue weighted by molar-refractivity contribution is 7.99. The van der Waals surface area contributed by atoms with E-state index >= 15 is 0 Å². The van der Waals surface area contributed by atoms with Crippen LogP contribution in [0.5, 0.6) is 0 Å². The molecule has 17 heavy (non-hydrogen) atoms. The lowest BCUT2D eigenvalue weighted by Crippen LogP contribution is -2.42. The standard InChI is InChI=1S/C9H17NO6S/c1-5(12)10-6(9(15)16)3-17-4-8(14)7(13)2-11/h6-8,11,13-14H,2-4H2,1H3,(H,10,12)(H,15,16)/t6-,7-,8-/m0/s1. The summed E-state index contributed by atoms with van der Waals surface area (Å²) in [6.07, 6.45) is -2.37. The SMILES string of the molecule is CC(=O)N[C@@H](CSC[C@H](O)[C@@H](O)CO)C(=O)O. The van der Waals surface area contributed by atoms with Crippen LogP contribution in [0.25, 0.3) is 0 Å². The first-order valence-corrected chi connectivity index (χ1v) is 6.08. The van der Waals surface area contributed by atoms with Crippen LogP contribution in [0.2, 0.25) is 0 Å². The molecule has 5 N–H and O–H groups in total. The lowest BCUT2D eigenvalue weighted by molar-refractivity contribution is -0.140. The number of carbonyl (C=O) groups is 2. The molecule has 0 unspecified atom stereocenters. The van der Waals surface area contributed by atoms with Crippen molar-refractivity contribution in [1.29, 1.82) is 0 Å². The number of rotatable bonds is 8. The molecule has 0 spiro atoms. The maximum absolute atomic E-state index is 10.7. The number of hydrogen-bond donors (Lipinski definition) is 5. The Labute approximate surface area is 103 Å². The molecule has 0 saturated heterocycles. The predicted octanol–water partition coefficient (Wildman–Crippen LogP) is -1.98. The van der Waals surface area contributed by atoms with Crippen molar-refractivity contribution in [3.05, 3.63) is 0 Å². The zero-order chi connectivity index (χ0) is 13.4. The fraction of sp³-hybridized carbons (Fsp3) is 0.778. The maximum Gasteiger partial charge on any atom is 0.327 e. The number of thioether (sulfide) groups is 1. The second-order valence-corrected chi connectivity index (χ2v) is 4.52. The number of carboxylic acid groups (broad SMARTS) is 1. The highest BCUT2D eigenvalue weighted by atomic mass is 32.2. The molecule has 0 aromatic rings. The van der Waals surface area contributed by atoms with Crippen molar-refractivity contribution in [2.75, 3.05) is 18.1 Å². The van der Waals surface area contributed by atoms with Crippen molar-refractivity contribution in [1.82, 2.24) is 5.32 Å². The van der Waals surface area contributed by atoms with Crippen molar-refractivity contribution in [3.8, 4) is 0 Å². The van der Waals surface area contributed by atoms with E-state index in [2.05, 4.69) is 5.32 Å². The molecule has 0 bridgehead atoms. The van der Waals surface area contributed by atoms with E-state index in [0.717, 1.165) is 11.8 Å². The summed E-state index contributed by atoms with van der Waals surface area (Å²) in [7, 11) is 0. The topological polar surface area (TPSA) is 127 Å². The Kier molecular flexibility index (Phi) is 7.88. The Bertz CT molecular complexity index is 262. The molecule has 0 rings (SSSR count). The van der Waals surface area contributed by atoms with Gasteiger partial charge in [0.2, 0.25) is 5.91 Å². The van der Waals surface area contributed by atoms with Crippen LogP contribution in [0, 0.1) is 0 Å². The van der Waals surface area contributed by atoms with Gasteiger partial charge in [-0.2, -0.15) is 11.8 Å². The molecule has 0 radical (unpaired) electrons. The molecule has 8 heteroatoms. The lowest BCUT2D eigenvalue weighted by Gasteiger charge is -2.17. The number of carboxylic acids is 1. The van der Waals surface area contributed by atoms with Crippen molar-refractivity contribution >= 4 is 23.6 Å². The summed E-state index contributed by atoms with van der Waals surface area (Å²) in [4.78, 5) is 21.4. The summed E-state index contributed by atoms with van der Waals surface area (Å²) in [5.74, 6) is -1.46. The van der Waals surface area contributed by atoms with Crippen LogP contribution in [-0.4, -0.2) is 68.7 Å². The minimum Gasteiger partial charge on any atom is -0.480 e. The lowest BCUT2D eigenvalue weighted by atomic mass is 10.2. The molecule has 0 aromatic carbocycles. The third-order valence-electron chi connectivity index (χ3n) is 1.88. The van der Waals surface area contributed by atoms with E-state index < -0.39 is 36.7 Å². The predicted molar refractivity (Wildman–Crippen MR) is 61.7 cm³/mol. The van der Waals surface area contributed by atoms with Crippen LogP contribution >= 0.6 is 11.8 Å². The first-order chi connectivity index (χ1) is 7.88. The number of aliphatic carboxylic acids is 1. The molecule has 0 saturated carbocycles. The van der Waals surface area contributed by atoms with Crippen LogP contribution in [0.4, 0.5) is 0 Å². The largest absolute Gasteiger partial charge is 0.480 e. The van der Waals surface area contributed by atoms with Gasteiger partial charge in [0.05, 0.1) is 12.7 Å². The second kappa shape index (κ2) is 8.29. The van der Waals surface area contributed by atoms with E-state index in [-0.39, 0.29) is 11.5 Å². The summed E-state index contributed by atoms with van der Waals surface area (Å²) >= 11 is 1.07. The molecule has 7 nitrogen and oxygen atoms in total. The van der Waals surface area contributed by atoms with Crippen molar-refractivity contribution in [3.63, 3.8) is 0 Å². The Morgan fingerprint density at radius 2 is 1.82 bits per heavy atom. The minimum absolute atomic E-state index is 0.0735. The van der Waals surface area contributed by atoms with Crippen molar-refractivity contribution < 1.29 is 30.0 Å². The third kappa shape index (κ3) is 7.16. The summed E-state index contributed by atoms with van der Waals surface area (Å²) in [5.41, 5.74) is 0. The van der Waals surface area contributed by atoms with E-state index in [1.54, 1.807) is 0 Å². The van der Waals surface area contributed by atoms with Gasteiger partial charge in [0.1, 0.15) is 12.1 Å². The van der Waals surface area contributed by atoms with Crippen LogP contribution in [0.3, 0.4) is 0 Å². The number of hydrogen-bond acceptors (Lipinski definition) is 6. The molecule has 0 aliphatic heterocycles. The number of aliphatic hydroxyl groups excluding tert-OH is 3. The van der Waals surface area contributed by atoms with Gasteiger partial charge in [0.25, 0.3) is 0 Å². The van der Waals surface area contributed by atoms with Crippen molar-refractivity contribution in [2.24, 2.45) is 0 Å². The van der Waals surface area contributed by atoms with Gasteiger partial charge < -0.3 is 25.7 Å². The maximum atomic E-state index is 10.7. The van der Waals surface area contributed by atoms with Gasteiger partial charge in [-0.1, -0.05) is 0 Å². The van der Waals surface area contributed by atoms with Crippen molar-refractivity contribution in [2.45, 2.75) is 25.2 Å². The van der Waals surface area contributed by atoms with Gasteiger partial charge in [-0.3, -0.25) is 4.79 Å². The van der Waals surface area contributed by atoms with Gasteiger partial charge in [-0.15, -0.1) is 0 Å². The molecule has 100 valence electrons. The molecule has 0 aliphatic rings. The van der Waals surface area contributed by atoms with E-state index in [0.29, 0.717) is 0 Å². The average molecular weight is 267 g/mol. The Hall–Kier alpha value is -0.830. The molecular weight excluding hydrogens is 250 g/mol. The minimum atomic E-state index is -1.24. The summed E-state index contributed by atoms with van der Waals surface area (Å²) in [5, 5.41) is 37.9. The number of nitrogens with one attached hydrogen (secondary N) is 1. The van der Waals surface area contributed by atoms with Gasteiger partial charge in [-0.05, 0) is 0 Å². The van der Waals surface area contributed by atoms with E-state index in [9.17, 15) is 14.7 Å². The first kappa shape index (κ1) is 16.2. The summed E-state index contributed by atoms with van der Waals surface area (Å²) < 4.78 is 0. The molecule has 0 aromatic heterocycles. The zero-order valence-corrected chi connectivity index (χ0v) is 10.2. The van der Waals surface area contributed by atoms with Gasteiger partial charge in [0, 0.05) is 18.4 Å². The second-order valence-electron chi connectivity index (χ2n) is 3.45. The number of carbonyl (C=O) groups excluding carboxylic acids is 1. The van der Waals surface area contributed by atoms with E-state index in [4.69, 9.17) is 15.3 Å². The molecule has 3 atom stereocenters. The zero-order valence-electron chi connectivity index (χ0n) is 9.37. The highest BCUT2D eigenvalue weighted by Crippen LogP contribution is 2.08. The van der Waals surface area contributed by atoms with Crippen LogP contribution in [-0.2, 0) is 9.59 Å². The molecule has 0 fully saturated rings. The normalized spacial score (nSPS) is 16.0. The third-order valence-corrected chi connectivity index (χ3v) is 3.03. The monoisotopic (exact) mass is 267 g/mol. The van der Waals surface area contributed by atoms with Gasteiger partial charge in [0.15, 0.2) is 0 Å². The van der Waals surface area contributed by atoms with Gasteiger partial charge in [-0.25, -0.2) is 4.79 Å². The van der Waals surface area contributed by atoms with Crippen LogP contribution < -0.4 is 5.32 Å². The number of aliphatic hydroxyl groups is 3. The Morgan fingerprint density at radius 1 is 1.24 bits per heavy atom. The Morgan fingerprint density at radius 3 is 2.24 bits per heavy atom. The smallest absolute Gasteiger partial charge is 0.327 e. The quantitative estimate of drug-likeness (QED) is 0.345. The Balaban J connectivity index is 3.98. The fourth-order valence-electron chi connectivity index (χ4n) is 0.959. The van der Waals surface area contributed by atoms with E-state index in [1.807, 2.05) is 0 Å². The molecule has 0 heterocycles.